The molecular formula is C16H13FN2OS2. The third-order valence-electron chi connectivity index (χ3n) is 3.10. The Morgan fingerprint density at radius 2 is 2.27 bits per heavy atom. The number of fused-ring (bicyclic) bond motifs is 1. The Morgan fingerprint density at radius 1 is 1.41 bits per heavy atom. The molecule has 0 aliphatic heterocycles. The Hall–Kier alpha value is -2.05. The van der Waals surface area contributed by atoms with Crippen molar-refractivity contribution < 1.29 is 9.18 Å². The van der Waals surface area contributed by atoms with Gasteiger partial charge in [0.1, 0.15) is 5.82 Å². The zero-order valence-electron chi connectivity index (χ0n) is 11.8. The fraction of sp³-hybridized carbons (Fsp3) is 0.125. The first-order valence-corrected chi connectivity index (χ1v) is 8.46. The number of carbonyl (C=O) groups is 1. The van der Waals surface area contributed by atoms with Gasteiger partial charge >= 0.3 is 0 Å². The predicted octanol–water partition coefficient (Wildman–Crippen LogP) is 4.06. The van der Waals surface area contributed by atoms with Crippen LogP contribution in [0.4, 0.5) is 4.39 Å². The molecule has 2 heterocycles. The van der Waals surface area contributed by atoms with E-state index in [-0.39, 0.29) is 11.7 Å². The Bertz CT molecular complexity index is 904. The van der Waals surface area contributed by atoms with Gasteiger partial charge in [-0.2, -0.15) is 4.99 Å². The number of amides is 1. The van der Waals surface area contributed by atoms with Crippen molar-refractivity contribution in [2.24, 2.45) is 4.99 Å². The van der Waals surface area contributed by atoms with Crippen LogP contribution in [0, 0.1) is 5.82 Å². The van der Waals surface area contributed by atoms with E-state index in [1.807, 2.05) is 29.0 Å². The number of thiazole rings is 1. The second-order valence-corrected chi connectivity index (χ2v) is 6.53. The molecule has 3 nitrogen and oxygen atoms in total. The summed E-state index contributed by atoms with van der Waals surface area (Å²) >= 11 is 2.88. The van der Waals surface area contributed by atoms with Crippen molar-refractivity contribution in [3.05, 3.63) is 57.3 Å². The monoisotopic (exact) mass is 332 g/mol. The minimum Gasteiger partial charge on any atom is -0.317 e. The summed E-state index contributed by atoms with van der Waals surface area (Å²) in [5.74, 6) is -0.602. The summed E-state index contributed by atoms with van der Waals surface area (Å²) < 4.78 is 16.0. The SMILES string of the molecule is CCn1c(=NC(=O)C=Cc2cccs2)sc2cc(F)ccc21. The van der Waals surface area contributed by atoms with E-state index in [2.05, 4.69) is 4.99 Å². The number of aryl methyl sites for hydroxylation is 1. The van der Waals surface area contributed by atoms with Crippen LogP contribution in [-0.4, -0.2) is 10.5 Å². The van der Waals surface area contributed by atoms with Gasteiger partial charge in [-0.1, -0.05) is 17.4 Å². The zero-order chi connectivity index (χ0) is 15.5. The van der Waals surface area contributed by atoms with Crippen molar-refractivity contribution in [1.82, 2.24) is 4.57 Å². The molecule has 0 saturated heterocycles. The van der Waals surface area contributed by atoms with Crippen LogP contribution in [0.15, 0.2) is 46.8 Å². The minimum absolute atomic E-state index is 0.285. The molecule has 3 aromatic rings. The lowest BCUT2D eigenvalue weighted by molar-refractivity contribution is -0.113. The molecule has 6 heteroatoms. The average Bonchev–Trinajstić information content (AvgIpc) is 3.11. The molecule has 0 N–H and O–H groups in total. The molecule has 0 spiro atoms. The Morgan fingerprint density at radius 3 is 3.00 bits per heavy atom. The molecule has 1 aromatic carbocycles. The third kappa shape index (κ3) is 3.08. The van der Waals surface area contributed by atoms with Gasteiger partial charge in [-0.15, -0.1) is 11.3 Å². The molecule has 2 aromatic heterocycles. The first-order chi connectivity index (χ1) is 10.7. The predicted molar refractivity (Wildman–Crippen MR) is 89.4 cm³/mol. The van der Waals surface area contributed by atoms with E-state index in [0.29, 0.717) is 11.3 Å². The number of hydrogen-bond donors (Lipinski definition) is 0. The van der Waals surface area contributed by atoms with Gasteiger partial charge in [0, 0.05) is 17.5 Å². The van der Waals surface area contributed by atoms with Crippen molar-refractivity contribution >= 4 is 44.9 Å². The normalized spacial score (nSPS) is 12.5. The molecule has 3 rings (SSSR count). The highest BCUT2D eigenvalue weighted by molar-refractivity contribution is 7.16. The number of halogens is 1. The van der Waals surface area contributed by atoms with Crippen molar-refractivity contribution in [3.8, 4) is 0 Å². The summed E-state index contributed by atoms with van der Waals surface area (Å²) in [5.41, 5.74) is 0.891. The maximum atomic E-state index is 13.3. The number of nitrogens with zero attached hydrogens (tertiary/aromatic N) is 2. The van der Waals surface area contributed by atoms with E-state index in [1.54, 1.807) is 23.5 Å². The van der Waals surface area contributed by atoms with Gasteiger partial charge in [-0.3, -0.25) is 4.79 Å². The first kappa shape index (κ1) is 14.9. The average molecular weight is 332 g/mol. The number of benzene rings is 1. The summed E-state index contributed by atoms with van der Waals surface area (Å²) in [5, 5.41) is 1.95. The van der Waals surface area contributed by atoms with Gasteiger partial charge in [0.2, 0.25) is 0 Å². The van der Waals surface area contributed by atoms with Crippen LogP contribution in [0.2, 0.25) is 0 Å². The smallest absolute Gasteiger partial charge is 0.272 e. The fourth-order valence-corrected chi connectivity index (χ4v) is 3.85. The van der Waals surface area contributed by atoms with Gasteiger partial charge in [0.05, 0.1) is 10.2 Å². The lowest BCUT2D eigenvalue weighted by Gasteiger charge is -1.99. The maximum Gasteiger partial charge on any atom is 0.272 e. The van der Waals surface area contributed by atoms with Crippen LogP contribution in [0.5, 0.6) is 0 Å². The van der Waals surface area contributed by atoms with E-state index < -0.39 is 0 Å². The summed E-state index contributed by atoms with van der Waals surface area (Å²) in [6, 6.07) is 8.47. The number of rotatable bonds is 3. The van der Waals surface area contributed by atoms with E-state index in [9.17, 15) is 9.18 Å². The van der Waals surface area contributed by atoms with Crippen LogP contribution in [0.1, 0.15) is 11.8 Å². The molecule has 0 fully saturated rings. The number of aromatic nitrogens is 1. The Labute approximate surface area is 134 Å². The number of carbonyl (C=O) groups excluding carboxylic acids is 1. The van der Waals surface area contributed by atoms with Gasteiger partial charge in [0.25, 0.3) is 5.91 Å². The second-order valence-electron chi connectivity index (χ2n) is 4.54. The highest BCUT2D eigenvalue weighted by atomic mass is 32.1. The highest BCUT2D eigenvalue weighted by Crippen LogP contribution is 2.18. The van der Waals surface area contributed by atoms with Crippen LogP contribution < -0.4 is 4.80 Å². The number of hydrogen-bond acceptors (Lipinski definition) is 3. The minimum atomic E-state index is -0.317. The lowest BCUT2D eigenvalue weighted by Crippen LogP contribution is -2.15. The molecule has 0 bridgehead atoms. The third-order valence-corrected chi connectivity index (χ3v) is 4.98. The summed E-state index contributed by atoms with van der Waals surface area (Å²) in [6.07, 6.45) is 3.20. The van der Waals surface area contributed by atoms with Crippen molar-refractivity contribution in [3.63, 3.8) is 0 Å². The second kappa shape index (κ2) is 6.37. The van der Waals surface area contributed by atoms with Crippen molar-refractivity contribution in [2.45, 2.75) is 13.5 Å². The fourth-order valence-electron chi connectivity index (χ4n) is 2.11. The van der Waals surface area contributed by atoms with Crippen LogP contribution in [0.25, 0.3) is 16.3 Å². The molecule has 112 valence electrons. The van der Waals surface area contributed by atoms with Gasteiger partial charge in [-0.05, 0) is 42.6 Å². The largest absolute Gasteiger partial charge is 0.317 e. The van der Waals surface area contributed by atoms with Crippen molar-refractivity contribution in [1.29, 1.82) is 0 Å². The quantitative estimate of drug-likeness (QED) is 0.666. The Balaban J connectivity index is 1.99. The summed E-state index contributed by atoms with van der Waals surface area (Å²) in [4.78, 5) is 17.7. The van der Waals surface area contributed by atoms with E-state index in [1.165, 1.54) is 29.5 Å². The van der Waals surface area contributed by atoms with Crippen LogP contribution in [-0.2, 0) is 11.3 Å². The molecule has 22 heavy (non-hydrogen) atoms. The molecule has 0 atom stereocenters. The Kier molecular flexibility index (Phi) is 4.31. The van der Waals surface area contributed by atoms with E-state index >= 15 is 0 Å². The van der Waals surface area contributed by atoms with Gasteiger partial charge < -0.3 is 4.57 Å². The zero-order valence-corrected chi connectivity index (χ0v) is 13.5. The molecule has 0 aliphatic carbocycles. The molecular weight excluding hydrogens is 319 g/mol. The molecule has 0 saturated carbocycles. The number of thiophene rings is 1. The molecule has 1 amide bonds. The highest BCUT2D eigenvalue weighted by Gasteiger charge is 2.06. The van der Waals surface area contributed by atoms with Crippen LogP contribution in [0.3, 0.4) is 0 Å². The van der Waals surface area contributed by atoms with E-state index in [0.717, 1.165) is 15.1 Å². The summed E-state index contributed by atoms with van der Waals surface area (Å²) in [6.45, 7) is 2.65. The van der Waals surface area contributed by atoms with Crippen molar-refractivity contribution in [2.75, 3.05) is 0 Å². The lowest BCUT2D eigenvalue weighted by atomic mass is 10.3. The molecule has 0 unspecified atom stereocenters. The summed E-state index contributed by atoms with van der Waals surface area (Å²) in [7, 11) is 0. The van der Waals surface area contributed by atoms with Gasteiger partial charge in [-0.25, -0.2) is 4.39 Å². The first-order valence-electron chi connectivity index (χ1n) is 6.76. The van der Waals surface area contributed by atoms with Gasteiger partial charge in [0.15, 0.2) is 4.80 Å². The molecule has 0 radical (unpaired) electrons. The van der Waals surface area contributed by atoms with Crippen LogP contribution >= 0.6 is 22.7 Å². The molecule has 0 aliphatic rings. The maximum absolute atomic E-state index is 13.3. The van der Waals surface area contributed by atoms with E-state index in [4.69, 9.17) is 0 Å². The topological polar surface area (TPSA) is 34.4 Å². The standard InChI is InChI=1S/C16H13FN2OS2/c1-2-19-13-7-5-11(17)10-14(13)22-16(19)18-15(20)8-6-12-4-3-9-21-12/h3-10H,2H2,1H3.